The number of hydrogen-bond donors (Lipinski definition) is 2. The molecule has 2 aliphatic rings. The molecule has 1 heterocycles. The van der Waals surface area contributed by atoms with Crippen molar-refractivity contribution in [3.05, 3.63) is 0 Å². The molecule has 0 spiro atoms. The van der Waals surface area contributed by atoms with Crippen LogP contribution in [0.4, 0.5) is 0 Å². The molecule has 18 heavy (non-hydrogen) atoms. The standard InChI is InChI=1S/C14H27NO3/c16-13(9-15-7-6-12-3-1-4-12)10-17-11-14-5-2-8-18-14/h12-16H,1-11H2. The molecule has 0 radical (unpaired) electrons. The predicted molar refractivity (Wildman–Crippen MR) is 70.6 cm³/mol. The van der Waals surface area contributed by atoms with Crippen LogP contribution in [-0.4, -0.2) is 50.2 Å². The third-order valence-electron chi connectivity index (χ3n) is 3.97. The Kier molecular flexibility index (Phi) is 6.41. The lowest BCUT2D eigenvalue weighted by Crippen LogP contribution is -2.33. The molecular formula is C14H27NO3. The SMILES string of the molecule is OC(CNCCC1CCC1)COCC1CCCO1. The fourth-order valence-corrected chi connectivity index (χ4v) is 2.53. The van der Waals surface area contributed by atoms with Crippen molar-refractivity contribution in [2.75, 3.05) is 32.9 Å². The maximum absolute atomic E-state index is 9.73. The Morgan fingerprint density at radius 1 is 1.28 bits per heavy atom. The molecule has 2 N–H and O–H groups in total. The third kappa shape index (κ3) is 5.22. The van der Waals surface area contributed by atoms with Crippen molar-refractivity contribution in [3.63, 3.8) is 0 Å². The summed E-state index contributed by atoms with van der Waals surface area (Å²) in [4.78, 5) is 0. The van der Waals surface area contributed by atoms with Crippen molar-refractivity contribution in [1.82, 2.24) is 5.32 Å². The van der Waals surface area contributed by atoms with Crippen LogP contribution < -0.4 is 5.32 Å². The largest absolute Gasteiger partial charge is 0.389 e. The van der Waals surface area contributed by atoms with Crippen molar-refractivity contribution in [1.29, 1.82) is 0 Å². The van der Waals surface area contributed by atoms with Crippen LogP contribution in [0.3, 0.4) is 0 Å². The van der Waals surface area contributed by atoms with Gasteiger partial charge in [0.25, 0.3) is 0 Å². The minimum Gasteiger partial charge on any atom is -0.389 e. The third-order valence-corrected chi connectivity index (χ3v) is 3.97. The lowest BCUT2D eigenvalue weighted by molar-refractivity contribution is -0.0164. The molecule has 106 valence electrons. The van der Waals surface area contributed by atoms with E-state index in [1.165, 1.54) is 25.7 Å². The van der Waals surface area contributed by atoms with Crippen LogP contribution in [0.15, 0.2) is 0 Å². The van der Waals surface area contributed by atoms with Crippen molar-refractivity contribution in [2.24, 2.45) is 5.92 Å². The Bertz CT molecular complexity index is 215. The van der Waals surface area contributed by atoms with Gasteiger partial charge in [-0.25, -0.2) is 0 Å². The fourth-order valence-electron chi connectivity index (χ4n) is 2.53. The fraction of sp³-hybridized carbons (Fsp3) is 1.00. The Morgan fingerprint density at radius 3 is 2.83 bits per heavy atom. The minimum absolute atomic E-state index is 0.253. The Balaban J connectivity index is 1.38. The zero-order valence-corrected chi connectivity index (χ0v) is 11.3. The van der Waals surface area contributed by atoms with E-state index < -0.39 is 6.10 Å². The summed E-state index contributed by atoms with van der Waals surface area (Å²) in [5, 5.41) is 13.0. The highest BCUT2D eigenvalue weighted by atomic mass is 16.5. The number of nitrogens with one attached hydrogen (secondary N) is 1. The van der Waals surface area contributed by atoms with Gasteiger partial charge in [-0.2, -0.15) is 0 Å². The highest BCUT2D eigenvalue weighted by Gasteiger charge is 2.17. The van der Waals surface area contributed by atoms with E-state index in [9.17, 15) is 5.11 Å². The average Bonchev–Trinajstić information content (AvgIpc) is 2.79. The van der Waals surface area contributed by atoms with E-state index in [4.69, 9.17) is 9.47 Å². The molecule has 4 heteroatoms. The summed E-state index contributed by atoms with van der Waals surface area (Å²) in [6, 6.07) is 0. The zero-order valence-electron chi connectivity index (χ0n) is 11.3. The van der Waals surface area contributed by atoms with Crippen LogP contribution in [0.25, 0.3) is 0 Å². The number of rotatable bonds is 9. The minimum atomic E-state index is -0.396. The second-order valence-electron chi connectivity index (χ2n) is 5.62. The van der Waals surface area contributed by atoms with Crippen LogP contribution >= 0.6 is 0 Å². The molecule has 4 nitrogen and oxygen atoms in total. The predicted octanol–water partition coefficient (Wildman–Crippen LogP) is 1.32. The monoisotopic (exact) mass is 257 g/mol. The van der Waals surface area contributed by atoms with Gasteiger partial charge in [-0.05, 0) is 31.7 Å². The van der Waals surface area contributed by atoms with Crippen LogP contribution in [0.2, 0.25) is 0 Å². The molecular weight excluding hydrogens is 230 g/mol. The lowest BCUT2D eigenvalue weighted by atomic mass is 9.83. The van der Waals surface area contributed by atoms with Crippen molar-refractivity contribution < 1.29 is 14.6 Å². The summed E-state index contributed by atoms with van der Waals surface area (Å²) in [6.07, 6.45) is 7.54. The summed E-state index contributed by atoms with van der Waals surface area (Å²) in [7, 11) is 0. The van der Waals surface area contributed by atoms with Gasteiger partial charge in [-0.15, -0.1) is 0 Å². The molecule has 1 aliphatic carbocycles. The molecule has 2 unspecified atom stereocenters. The van der Waals surface area contributed by atoms with Gasteiger partial charge in [0.2, 0.25) is 0 Å². The zero-order chi connectivity index (χ0) is 12.6. The second-order valence-corrected chi connectivity index (χ2v) is 5.62. The summed E-state index contributed by atoms with van der Waals surface area (Å²) in [5.41, 5.74) is 0. The second kappa shape index (κ2) is 8.10. The van der Waals surface area contributed by atoms with E-state index in [0.717, 1.165) is 31.9 Å². The topological polar surface area (TPSA) is 50.7 Å². The van der Waals surface area contributed by atoms with Crippen molar-refractivity contribution >= 4 is 0 Å². The molecule has 0 aromatic heterocycles. The Morgan fingerprint density at radius 2 is 2.17 bits per heavy atom. The normalized spacial score (nSPS) is 26.2. The first kappa shape index (κ1) is 14.3. The van der Waals surface area contributed by atoms with E-state index >= 15 is 0 Å². The molecule has 0 aromatic rings. The summed E-state index contributed by atoms with van der Waals surface area (Å²) in [5.74, 6) is 0.936. The van der Waals surface area contributed by atoms with E-state index in [1.54, 1.807) is 0 Å². The summed E-state index contributed by atoms with van der Waals surface area (Å²) >= 11 is 0. The number of aliphatic hydroxyl groups excluding tert-OH is 1. The molecule has 1 aliphatic heterocycles. The van der Waals surface area contributed by atoms with Gasteiger partial charge in [0.15, 0.2) is 0 Å². The molecule has 2 atom stereocenters. The van der Waals surface area contributed by atoms with Gasteiger partial charge in [0, 0.05) is 13.2 Å². The molecule has 1 saturated carbocycles. The summed E-state index contributed by atoms with van der Waals surface area (Å²) in [6.45, 7) is 3.56. The van der Waals surface area contributed by atoms with Crippen LogP contribution in [-0.2, 0) is 9.47 Å². The van der Waals surface area contributed by atoms with Crippen molar-refractivity contribution in [3.8, 4) is 0 Å². The first-order chi connectivity index (χ1) is 8.84. The van der Waals surface area contributed by atoms with Gasteiger partial charge in [0.1, 0.15) is 0 Å². The molecule has 2 fully saturated rings. The number of ether oxygens (including phenoxy) is 2. The maximum Gasteiger partial charge on any atom is 0.0897 e. The number of aliphatic hydroxyl groups is 1. The van der Waals surface area contributed by atoms with Gasteiger partial charge in [-0.3, -0.25) is 0 Å². The van der Waals surface area contributed by atoms with Crippen LogP contribution in [0, 0.1) is 5.92 Å². The molecule has 0 amide bonds. The summed E-state index contributed by atoms with van der Waals surface area (Å²) < 4.78 is 10.9. The highest BCUT2D eigenvalue weighted by molar-refractivity contribution is 4.71. The van der Waals surface area contributed by atoms with Gasteiger partial charge >= 0.3 is 0 Å². The Labute approximate surface area is 110 Å². The maximum atomic E-state index is 9.73. The first-order valence-corrected chi connectivity index (χ1v) is 7.42. The molecule has 0 bridgehead atoms. The Hall–Kier alpha value is -0.160. The highest BCUT2D eigenvalue weighted by Crippen LogP contribution is 2.28. The lowest BCUT2D eigenvalue weighted by Gasteiger charge is -2.25. The van der Waals surface area contributed by atoms with E-state index in [1.807, 2.05) is 0 Å². The quantitative estimate of drug-likeness (QED) is 0.612. The van der Waals surface area contributed by atoms with Gasteiger partial charge < -0.3 is 19.9 Å². The van der Waals surface area contributed by atoms with Crippen molar-refractivity contribution in [2.45, 2.75) is 50.7 Å². The van der Waals surface area contributed by atoms with Crippen LogP contribution in [0.5, 0.6) is 0 Å². The van der Waals surface area contributed by atoms with Crippen LogP contribution in [0.1, 0.15) is 38.5 Å². The van der Waals surface area contributed by atoms with E-state index in [-0.39, 0.29) is 6.10 Å². The van der Waals surface area contributed by atoms with Gasteiger partial charge in [-0.1, -0.05) is 19.3 Å². The van der Waals surface area contributed by atoms with E-state index in [2.05, 4.69) is 5.32 Å². The molecule has 2 rings (SSSR count). The van der Waals surface area contributed by atoms with E-state index in [0.29, 0.717) is 19.8 Å². The molecule has 1 saturated heterocycles. The first-order valence-electron chi connectivity index (χ1n) is 7.42. The smallest absolute Gasteiger partial charge is 0.0897 e. The average molecular weight is 257 g/mol. The number of hydrogen-bond acceptors (Lipinski definition) is 4. The molecule has 0 aromatic carbocycles. The van der Waals surface area contributed by atoms with Gasteiger partial charge in [0.05, 0.1) is 25.4 Å².